The van der Waals surface area contributed by atoms with Gasteiger partial charge in [0.1, 0.15) is 11.2 Å². The van der Waals surface area contributed by atoms with E-state index in [1.165, 1.54) is 32.6 Å². The third-order valence-electron chi connectivity index (χ3n) is 9.03. The lowest BCUT2D eigenvalue weighted by atomic mass is 10.1. The number of hydrogen-bond acceptors (Lipinski definition) is 1. The first kappa shape index (κ1) is 23.6. The van der Waals surface area contributed by atoms with Crippen molar-refractivity contribution in [2.24, 2.45) is 0 Å². The Morgan fingerprint density at radius 1 is 0.364 bits per heavy atom. The van der Waals surface area contributed by atoms with Crippen LogP contribution >= 0.6 is 0 Å². The molecule has 0 atom stereocenters. The number of aromatic nitrogens is 3. The highest BCUT2D eigenvalue weighted by Gasteiger charge is 2.24. The quantitative estimate of drug-likeness (QED) is 0.210. The van der Waals surface area contributed by atoms with Crippen molar-refractivity contribution in [2.75, 3.05) is 0 Å². The van der Waals surface area contributed by atoms with Crippen molar-refractivity contribution in [1.82, 2.24) is 13.7 Å². The first-order chi connectivity index (χ1) is 21.9. The smallest absolute Gasteiger partial charge is 0.213 e. The second-order valence-corrected chi connectivity index (χ2v) is 11.4. The first-order valence-electron chi connectivity index (χ1n) is 15.0. The highest BCUT2D eigenvalue weighted by atomic mass is 16.3. The molecule has 0 N–H and O–H groups in total. The van der Waals surface area contributed by atoms with Crippen LogP contribution in [0, 0.1) is 0 Å². The highest BCUT2D eigenvalue weighted by molar-refractivity contribution is 6.23. The minimum absolute atomic E-state index is 0.866. The van der Waals surface area contributed by atoms with Crippen LogP contribution in [0.15, 0.2) is 156 Å². The minimum atomic E-state index is 0.866. The maximum atomic E-state index is 6.56. The Morgan fingerprint density at radius 3 is 1.57 bits per heavy atom. The van der Waals surface area contributed by atoms with Gasteiger partial charge in [-0.1, -0.05) is 91.0 Å². The number of hydrogen-bond donors (Lipinski definition) is 0. The Balaban J connectivity index is 1.38. The molecule has 0 aliphatic rings. The van der Waals surface area contributed by atoms with E-state index in [-0.39, 0.29) is 0 Å². The van der Waals surface area contributed by atoms with Crippen LogP contribution in [-0.2, 0) is 0 Å². The van der Waals surface area contributed by atoms with E-state index >= 15 is 0 Å². The molecule has 44 heavy (non-hydrogen) atoms. The second-order valence-electron chi connectivity index (χ2n) is 11.4. The van der Waals surface area contributed by atoms with Gasteiger partial charge in [0.2, 0.25) is 5.71 Å². The maximum absolute atomic E-state index is 6.56. The second kappa shape index (κ2) is 8.76. The van der Waals surface area contributed by atoms with Crippen LogP contribution in [0.1, 0.15) is 0 Å². The minimum Gasteiger partial charge on any atom is -0.439 e. The summed E-state index contributed by atoms with van der Waals surface area (Å²) in [5.74, 6) is 0. The van der Waals surface area contributed by atoms with Crippen molar-refractivity contribution >= 4 is 65.8 Å². The largest absolute Gasteiger partial charge is 0.439 e. The highest BCUT2D eigenvalue weighted by Crippen LogP contribution is 2.43. The Bertz CT molecular complexity index is 2700. The van der Waals surface area contributed by atoms with Crippen LogP contribution in [0.3, 0.4) is 0 Å². The summed E-state index contributed by atoms with van der Waals surface area (Å²) in [7, 11) is 0. The molecule has 4 heterocycles. The molecule has 4 nitrogen and oxygen atoms in total. The molecular weight excluding hydrogens is 538 g/mol. The van der Waals surface area contributed by atoms with Gasteiger partial charge in [-0.05, 0) is 60.7 Å². The van der Waals surface area contributed by atoms with Crippen molar-refractivity contribution in [1.29, 1.82) is 0 Å². The van der Waals surface area contributed by atoms with Crippen LogP contribution in [-0.4, -0.2) is 13.7 Å². The Hall–Kier alpha value is -6.00. The summed E-state index contributed by atoms with van der Waals surface area (Å²) in [6.45, 7) is 0. The van der Waals surface area contributed by atoms with Gasteiger partial charge in [0.25, 0.3) is 0 Å². The summed E-state index contributed by atoms with van der Waals surface area (Å²) in [5.41, 5.74) is 9.73. The van der Waals surface area contributed by atoms with Gasteiger partial charge in [-0.3, -0.25) is 13.7 Å². The number of rotatable bonds is 3. The lowest BCUT2D eigenvalue weighted by molar-refractivity contribution is 0.645. The molecule has 0 radical (unpaired) electrons. The van der Waals surface area contributed by atoms with Gasteiger partial charge >= 0.3 is 0 Å². The zero-order chi connectivity index (χ0) is 28.8. The van der Waals surface area contributed by atoms with Gasteiger partial charge in [0.05, 0.1) is 21.9 Å². The van der Waals surface area contributed by atoms with Crippen molar-refractivity contribution in [3.05, 3.63) is 152 Å². The molecule has 4 heteroatoms. The third-order valence-corrected chi connectivity index (χ3v) is 9.03. The van der Waals surface area contributed by atoms with E-state index in [2.05, 4.69) is 159 Å². The fourth-order valence-corrected chi connectivity index (χ4v) is 7.25. The molecule has 0 bridgehead atoms. The summed E-state index contributed by atoms with van der Waals surface area (Å²) >= 11 is 0. The van der Waals surface area contributed by atoms with Crippen molar-refractivity contribution in [2.45, 2.75) is 0 Å². The van der Waals surface area contributed by atoms with E-state index in [0.29, 0.717) is 0 Å². The van der Waals surface area contributed by atoms with E-state index in [9.17, 15) is 0 Å². The molecule has 0 amide bonds. The van der Waals surface area contributed by atoms with E-state index in [1.807, 2.05) is 6.07 Å². The standard InChI is InChI=1S/C40H25N3O/c1-3-13-26(14-4-1)41-33-20-10-7-17-29(33)37-30-18-8-11-21-34(30)42(39(37)41)28-23-24-31-35(25-28)43(27-15-5-2-6-16-27)40-38(31)32-19-9-12-22-36(32)44-40/h1-25H. The van der Waals surface area contributed by atoms with E-state index in [1.54, 1.807) is 0 Å². The molecular formula is C40H25N3O. The lowest BCUT2D eigenvalue weighted by Gasteiger charge is -2.14. The van der Waals surface area contributed by atoms with E-state index < -0.39 is 0 Å². The number of nitrogens with zero attached hydrogens (tertiary/aromatic N) is 3. The van der Waals surface area contributed by atoms with Crippen LogP contribution in [0.5, 0.6) is 0 Å². The predicted octanol–water partition coefficient (Wildman–Crippen LogP) is 10.6. The third kappa shape index (κ3) is 3.06. The van der Waals surface area contributed by atoms with Crippen LogP contribution in [0.2, 0.25) is 0 Å². The topological polar surface area (TPSA) is 27.9 Å². The molecule has 0 aliphatic carbocycles. The van der Waals surface area contributed by atoms with Crippen LogP contribution in [0.4, 0.5) is 0 Å². The van der Waals surface area contributed by atoms with Crippen LogP contribution in [0.25, 0.3) is 82.9 Å². The first-order valence-corrected chi connectivity index (χ1v) is 15.0. The number of para-hydroxylation sites is 5. The SMILES string of the molecule is c1ccc(-n2c3cc(-n4c5ccccc5c5c6ccccc6n(-c6ccccc6)c54)ccc3c3c4ccccc4oc32)cc1. The molecule has 0 aliphatic heterocycles. The van der Waals surface area contributed by atoms with Gasteiger partial charge < -0.3 is 4.42 Å². The molecule has 206 valence electrons. The Morgan fingerprint density at radius 2 is 0.886 bits per heavy atom. The number of fused-ring (bicyclic) bond motifs is 10. The predicted molar refractivity (Wildman–Crippen MR) is 182 cm³/mol. The zero-order valence-electron chi connectivity index (χ0n) is 23.7. The molecule has 0 saturated heterocycles. The average Bonchev–Trinajstić information content (AvgIpc) is 3.80. The van der Waals surface area contributed by atoms with E-state index in [4.69, 9.17) is 4.42 Å². The normalized spacial score (nSPS) is 12.1. The molecule has 10 rings (SSSR count). The molecule has 0 spiro atoms. The fraction of sp³-hybridized carbons (Fsp3) is 0. The lowest BCUT2D eigenvalue weighted by Crippen LogP contribution is -2.02. The summed E-state index contributed by atoms with van der Waals surface area (Å²) in [4.78, 5) is 0. The molecule has 4 aromatic heterocycles. The van der Waals surface area contributed by atoms with Gasteiger partial charge in [0, 0.05) is 44.0 Å². The summed E-state index contributed by atoms with van der Waals surface area (Å²) in [6, 6.07) is 53.9. The molecule has 0 fully saturated rings. The van der Waals surface area contributed by atoms with Crippen molar-refractivity contribution < 1.29 is 4.42 Å². The summed E-state index contributed by atoms with van der Waals surface area (Å²) in [5, 5.41) is 7.21. The zero-order valence-corrected chi connectivity index (χ0v) is 23.7. The average molecular weight is 564 g/mol. The molecule has 0 saturated carbocycles. The van der Waals surface area contributed by atoms with Crippen LogP contribution < -0.4 is 0 Å². The summed E-state index contributed by atoms with van der Waals surface area (Å²) in [6.07, 6.45) is 0. The fourth-order valence-electron chi connectivity index (χ4n) is 7.25. The number of benzene rings is 6. The van der Waals surface area contributed by atoms with Gasteiger partial charge in [-0.25, -0.2) is 0 Å². The Labute approximate surface area is 252 Å². The molecule has 0 unspecified atom stereocenters. The molecule has 10 aromatic rings. The Kier molecular flexibility index (Phi) is 4.69. The maximum Gasteiger partial charge on any atom is 0.213 e. The monoisotopic (exact) mass is 563 g/mol. The van der Waals surface area contributed by atoms with E-state index in [0.717, 1.165) is 50.3 Å². The van der Waals surface area contributed by atoms with Gasteiger partial charge in [-0.15, -0.1) is 0 Å². The van der Waals surface area contributed by atoms with Crippen molar-refractivity contribution in [3.8, 4) is 17.1 Å². The van der Waals surface area contributed by atoms with Crippen molar-refractivity contribution in [3.63, 3.8) is 0 Å². The number of furan rings is 1. The van der Waals surface area contributed by atoms with Gasteiger partial charge in [0.15, 0.2) is 0 Å². The van der Waals surface area contributed by atoms with Gasteiger partial charge in [-0.2, -0.15) is 0 Å². The molecule has 6 aromatic carbocycles. The summed E-state index contributed by atoms with van der Waals surface area (Å²) < 4.78 is 13.7.